The average Bonchev–Trinajstić information content (AvgIpc) is 3.05. The van der Waals surface area contributed by atoms with Gasteiger partial charge in [0.1, 0.15) is 11.6 Å². The van der Waals surface area contributed by atoms with Crippen LogP contribution in [0.3, 0.4) is 0 Å². The highest BCUT2D eigenvalue weighted by atomic mass is 35.5. The molecule has 2 aliphatic heterocycles. The van der Waals surface area contributed by atoms with E-state index in [1.165, 1.54) is 12.1 Å². The van der Waals surface area contributed by atoms with E-state index in [1.54, 1.807) is 42.3 Å². The van der Waals surface area contributed by atoms with Gasteiger partial charge < -0.3 is 30.2 Å². The second-order valence-corrected chi connectivity index (χ2v) is 11.3. The molecule has 0 saturated carbocycles. The molecular formula is C31H34ClFN6O3. The Labute approximate surface area is 249 Å². The minimum absolute atomic E-state index is 0.0211. The van der Waals surface area contributed by atoms with Gasteiger partial charge in [-0.05, 0) is 44.5 Å². The van der Waals surface area contributed by atoms with Crippen molar-refractivity contribution >= 4 is 40.4 Å². The number of benzene rings is 2. The average molecular weight is 593 g/mol. The number of pyridine rings is 1. The van der Waals surface area contributed by atoms with Gasteiger partial charge in [0.05, 0.1) is 45.5 Å². The first-order valence-electron chi connectivity index (χ1n) is 13.7. The van der Waals surface area contributed by atoms with Gasteiger partial charge in [-0.25, -0.2) is 4.39 Å². The molecule has 0 bridgehead atoms. The van der Waals surface area contributed by atoms with Crippen molar-refractivity contribution in [1.29, 1.82) is 5.41 Å². The molecule has 9 nitrogen and oxygen atoms in total. The number of aliphatic hydroxyl groups is 1. The molecule has 3 unspecified atom stereocenters. The Kier molecular flexibility index (Phi) is 7.87. The minimum Gasteiger partial charge on any atom is -0.507 e. The van der Waals surface area contributed by atoms with Gasteiger partial charge in [-0.2, -0.15) is 0 Å². The number of carbonyl (C=O) groups excluding carboxylic acids is 1. The van der Waals surface area contributed by atoms with Crippen molar-refractivity contribution in [3.63, 3.8) is 0 Å². The van der Waals surface area contributed by atoms with Gasteiger partial charge in [0.15, 0.2) is 5.82 Å². The van der Waals surface area contributed by atoms with Gasteiger partial charge in [0.2, 0.25) is 5.91 Å². The number of para-hydroxylation sites is 1. The van der Waals surface area contributed by atoms with E-state index in [0.29, 0.717) is 42.3 Å². The molecule has 1 fully saturated rings. The number of nitrogens with one attached hydrogen (secondary N) is 2. The number of carbonyl (C=O) groups is 1. The third-order valence-corrected chi connectivity index (χ3v) is 8.36. The van der Waals surface area contributed by atoms with Crippen LogP contribution in [0.25, 0.3) is 11.1 Å². The van der Waals surface area contributed by atoms with Crippen LogP contribution in [0.2, 0.25) is 5.02 Å². The van der Waals surface area contributed by atoms with Gasteiger partial charge in [0.25, 0.3) is 0 Å². The lowest BCUT2D eigenvalue weighted by atomic mass is 9.96. The molecule has 3 aromatic rings. The summed E-state index contributed by atoms with van der Waals surface area (Å²) in [5, 5.41) is 34.0. The summed E-state index contributed by atoms with van der Waals surface area (Å²) < 4.78 is 17.0. The van der Waals surface area contributed by atoms with Crippen LogP contribution in [0, 0.1) is 18.2 Å². The van der Waals surface area contributed by atoms with Crippen molar-refractivity contribution < 1.29 is 19.4 Å². The maximum atomic E-state index is 17.0. The molecule has 4 N–H and O–H groups in total. The van der Waals surface area contributed by atoms with Crippen LogP contribution in [0.15, 0.2) is 49.2 Å². The lowest BCUT2D eigenvalue weighted by molar-refractivity contribution is -0.129. The molecule has 1 saturated heterocycles. The normalized spacial score (nSPS) is 19.1. The maximum Gasteiger partial charge on any atom is 0.246 e. The van der Waals surface area contributed by atoms with E-state index in [0.717, 1.165) is 0 Å². The van der Waals surface area contributed by atoms with Crippen molar-refractivity contribution in [2.45, 2.75) is 39.0 Å². The maximum absolute atomic E-state index is 17.0. The predicted molar refractivity (Wildman–Crippen MR) is 163 cm³/mol. The summed E-state index contributed by atoms with van der Waals surface area (Å²) in [5.74, 6) is -1.06. The molecule has 2 aromatic carbocycles. The number of aliphatic hydroxyl groups excluding tert-OH is 1. The second kappa shape index (κ2) is 11.3. The molecule has 1 aromatic heterocycles. The number of rotatable bonds is 5. The number of nitrogens with zero attached hydrogens (tertiary/aromatic N) is 4. The number of phenols is 1. The fourth-order valence-corrected chi connectivity index (χ4v) is 6.49. The van der Waals surface area contributed by atoms with Gasteiger partial charge in [-0.15, -0.1) is 0 Å². The monoisotopic (exact) mass is 592 g/mol. The molecular weight excluding hydrogens is 559 g/mol. The topological polar surface area (TPSA) is 116 Å². The number of halogens is 2. The van der Waals surface area contributed by atoms with Crippen LogP contribution in [-0.4, -0.2) is 75.5 Å². The lowest BCUT2D eigenvalue weighted by Crippen LogP contribution is -2.62. The van der Waals surface area contributed by atoms with Crippen LogP contribution in [-0.2, 0) is 4.79 Å². The summed E-state index contributed by atoms with van der Waals surface area (Å²) in [6, 6.07) is 7.54. The Balaban J connectivity index is 1.79. The molecule has 0 spiro atoms. The smallest absolute Gasteiger partial charge is 0.246 e. The summed E-state index contributed by atoms with van der Waals surface area (Å²) in [6.07, 6.45) is 1.90. The highest BCUT2D eigenvalue weighted by Crippen LogP contribution is 2.49. The lowest BCUT2D eigenvalue weighted by Gasteiger charge is -2.46. The number of amides is 1. The molecule has 0 radical (unpaired) electrons. The van der Waals surface area contributed by atoms with E-state index in [-0.39, 0.29) is 57.0 Å². The number of anilines is 3. The first kappa shape index (κ1) is 29.3. The number of piperazine rings is 1. The Morgan fingerprint density at radius 1 is 1.24 bits per heavy atom. The third-order valence-electron chi connectivity index (χ3n) is 7.99. The summed E-state index contributed by atoms with van der Waals surface area (Å²) in [7, 11) is 1.81. The number of fused-ring (bicyclic) bond motifs is 2. The van der Waals surface area contributed by atoms with Crippen LogP contribution in [0.1, 0.15) is 36.8 Å². The third kappa shape index (κ3) is 4.84. The zero-order chi connectivity index (χ0) is 30.5. The standard InChI is InChI=1S/C31H34ClFN6O3/c1-6-22(42)38-13-17(3)39-19(15-38)14-37(5)30-24(31(39)34)29(36-27-16(2)11-12-35-28(27)18(4)40)26(33)23(25(30)32)20-9-7-8-10-21(20)41/h6-12,17-19,34,36,40-41H,1,13-15H2,2-5H3. The largest absolute Gasteiger partial charge is 0.507 e. The molecule has 42 heavy (non-hydrogen) atoms. The van der Waals surface area contributed by atoms with Gasteiger partial charge in [-0.3, -0.25) is 15.2 Å². The van der Waals surface area contributed by atoms with Crippen molar-refractivity contribution in [3.05, 3.63) is 76.8 Å². The molecule has 11 heteroatoms. The van der Waals surface area contributed by atoms with Crippen molar-refractivity contribution in [2.24, 2.45) is 0 Å². The quantitative estimate of drug-likeness (QED) is 0.300. The zero-order valence-electron chi connectivity index (χ0n) is 23.9. The molecule has 1 amide bonds. The van der Waals surface area contributed by atoms with E-state index >= 15 is 4.39 Å². The molecule has 5 rings (SSSR count). The zero-order valence-corrected chi connectivity index (χ0v) is 24.7. The highest BCUT2D eigenvalue weighted by Gasteiger charge is 2.42. The fourth-order valence-electron chi connectivity index (χ4n) is 6.07. The first-order valence-corrected chi connectivity index (χ1v) is 14.1. The molecule has 220 valence electrons. The number of aryl methyl sites for hydroxylation is 1. The van der Waals surface area contributed by atoms with E-state index in [2.05, 4.69) is 16.9 Å². The Hall–Kier alpha value is -4.15. The van der Waals surface area contributed by atoms with Gasteiger partial charge >= 0.3 is 0 Å². The van der Waals surface area contributed by atoms with Crippen LogP contribution < -0.4 is 10.2 Å². The number of hydrogen-bond acceptors (Lipinski definition) is 7. The highest BCUT2D eigenvalue weighted by molar-refractivity contribution is 6.38. The fraction of sp³-hybridized carbons (Fsp3) is 0.323. The van der Waals surface area contributed by atoms with Crippen molar-refractivity contribution in [3.8, 4) is 16.9 Å². The number of hydrogen-bond donors (Lipinski definition) is 4. The van der Waals surface area contributed by atoms with Crippen LogP contribution in [0.4, 0.5) is 21.5 Å². The summed E-state index contributed by atoms with van der Waals surface area (Å²) in [6.45, 7) is 10.0. The van der Waals surface area contributed by atoms with Gasteiger partial charge in [0, 0.05) is 50.0 Å². The number of aromatic nitrogens is 1. The molecule has 3 heterocycles. The Morgan fingerprint density at radius 3 is 2.62 bits per heavy atom. The van der Waals surface area contributed by atoms with Crippen molar-refractivity contribution in [2.75, 3.05) is 36.9 Å². The van der Waals surface area contributed by atoms with Crippen molar-refractivity contribution in [1.82, 2.24) is 14.8 Å². The molecule has 0 aliphatic carbocycles. The number of phenolic OH excluding ortho intramolecular Hbond substituents is 1. The van der Waals surface area contributed by atoms with Crippen LogP contribution in [0.5, 0.6) is 5.75 Å². The Morgan fingerprint density at radius 2 is 1.95 bits per heavy atom. The van der Waals surface area contributed by atoms with E-state index in [4.69, 9.17) is 11.6 Å². The Bertz CT molecular complexity index is 1600. The summed E-state index contributed by atoms with van der Waals surface area (Å²) >= 11 is 7.03. The van der Waals surface area contributed by atoms with Gasteiger partial charge in [-0.1, -0.05) is 36.4 Å². The number of likely N-dealkylation sites (N-methyl/N-ethyl adjacent to an activating group) is 1. The van der Waals surface area contributed by atoms with E-state index in [9.17, 15) is 20.4 Å². The summed E-state index contributed by atoms with van der Waals surface area (Å²) in [5.41, 5.74) is 2.23. The van der Waals surface area contributed by atoms with E-state index in [1.807, 2.05) is 30.7 Å². The summed E-state index contributed by atoms with van der Waals surface area (Å²) in [4.78, 5) is 22.4. The number of amidine groups is 1. The predicted octanol–water partition coefficient (Wildman–Crippen LogP) is 5.21. The second-order valence-electron chi connectivity index (χ2n) is 10.9. The molecule has 2 aliphatic rings. The van der Waals surface area contributed by atoms with E-state index < -0.39 is 11.9 Å². The molecule has 3 atom stereocenters. The minimum atomic E-state index is -0.957. The SMILES string of the molecule is C=CC(=O)N1CC(C)N2C(=N)c3c(Nc4c(C)ccnc4C(C)O)c(F)c(-c4ccccc4O)c(Cl)c3N(C)CC2C1. The number of aromatic hydroxyl groups is 1. The first-order chi connectivity index (χ1) is 20.0. The van der Waals surface area contributed by atoms with Crippen LogP contribution >= 0.6 is 11.6 Å².